The molecule has 0 spiro atoms. The number of rotatable bonds is 5. The highest BCUT2D eigenvalue weighted by atomic mass is 32.2. The third-order valence-corrected chi connectivity index (χ3v) is 4.31. The van der Waals surface area contributed by atoms with Gasteiger partial charge in [0.05, 0.1) is 5.75 Å². The highest BCUT2D eigenvalue weighted by molar-refractivity contribution is 8.00. The summed E-state index contributed by atoms with van der Waals surface area (Å²) < 4.78 is 12.9. The predicted octanol–water partition coefficient (Wildman–Crippen LogP) is 3.32. The molecule has 104 valence electrons. The van der Waals surface area contributed by atoms with Gasteiger partial charge in [-0.05, 0) is 24.3 Å². The van der Waals surface area contributed by atoms with Gasteiger partial charge in [0.1, 0.15) is 10.7 Å². The van der Waals surface area contributed by atoms with Crippen LogP contribution in [0.3, 0.4) is 0 Å². The van der Waals surface area contributed by atoms with Crippen LogP contribution >= 0.6 is 23.1 Å². The van der Waals surface area contributed by atoms with Crippen molar-refractivity contribution >= 4 is 40.7 Å². The van der Waals surface area contributed by atoms with Gasteiger partial charge in [-0.1, -0.05) is 6.07 Å². The molecule has 1 aromatic carbocycles. The Hall–Kier alpha value is -1.86. The number of nitrogens with one attached hydrogen (secondary N) is 1. The summed E-state index contributed by atoms with van der Waals surface area (Å²) >= 11 is 2.35. The zero-order chi connectivity index (χ0) is 14.5. The fraction of sp³-hybridized carbons (Fsp3) is 0.0769. The second kappa shape index (κ2) is 6.53. The van der Waals surface area contributed by atoms with Gasteiger partial charge in [0, 0.05) is 16.0 Å². The van der Waals surface area contributed by atoms with E-state index in [1.54, 1.807) is 11.4 Å². The largest absolute Gasteiger partial charge is 0.477 e. The van der Waals surface area contributed by atoms with Crippen molar-refractivity contribution in [3.8, 4) is 0 Å². The molecule has 0 bridgehead atoms. The maximum atomic E-state index is 12.9. The van der Waals surface area contributed by atoms with Crippen LogP contribution in [0.1, 0.15) is 9.67 Å². The molecule has 4 nitrogen and oxygen atoms in total. The lowest BCUT2D eigenvalue weighted by Gasteiger charge is -2.04. The van der Waals surface area contributed by atoms with Crippen LogP contribution in [0.15, 0.2) is 40.6 Å². The average Bonchev–Trinajstić information content (AvgIpc) is 2.85. The fourth-order valence-corrected chi connectivity index (χ4v) is 3.09. The first-order chi connectivity index (χ1) is 9.54. The highest BCUT2D eigenvalue weighted by Crippen LogP contribution is 2.25. The Bertz CT molecular complexity index is 642. The van der Waals surface area contributed by atoms with Crippen molar-refractivity contribution in [2.24, 2.45) is 0 Å². The van der Waals surface area contributed by atoms with E-state index in [9.17, 15) is 14.0 Å². The third kappa shape index (κ3) is 4.07. The number of carboxylic acid groups (broad SMARTS) is 1. The normalized spacial score (nSPS) is 10.2. The number of aromatic carboxylic acids is 1. The molecule has 20 heavy (non-hydrogen) atoms. The Kier molecular flexibility index (Phi) is 4.75. The molecule has 1 amide bonds. The standard InChI is InChI=1S/C13H10FNO3S2/c14-8-2-1-3-9(4-8)15-12(16)7-19-10-5-11(13(17)18)20-6-10/h1-6H,7H2,(H,15,16)(H,17,18). The molecule has 1 heterocycles. The van der Waals surface area contributed by atoms with Crippen molar-refractivity contribution < 1.29 is 19.1 Å². The molecule has 2 rings (SSSR count). The van der Waals surface area contributed by atoms with Crippen LogP contribution in [0.2, 0.25) is 0 Å². The molecule has 2 N–H and O–H groups in total. The summed E-state index contributed by atoms with van der Waals surface area (Å²) in [4.78, 5) is 23.3. The Morgan fingerprint density at radius 2 is 2.15 bits per heavy atom. The van der Waals surface area contributed by atoms with E-state index in [0.29, 0.717) is 5.69 Å². The number of anilines is 1. The Labute approximate surface area is 122 Å². The van der Waals surface area contributed by atoms with Crippen LogP contribution < -0.4 is 5.32 Å². The minimum absolute atomic E-state index is 0.131. The Morgan fingerprint density at radius 3 is 2.80 bits per heavy atom. The molecule has 0 aliphatic carbocycles. The molecular formula is C13H10FNO3S2. The van der Waals surface area contributed by atoms with E-state index < -0.39 is 11.8 Å². The van der Waals surface area contributed by atoms with Crippen LogP contribution in [0.4, 0.5) is 10.1 Å². The lowest BCUT2D eigenvalue weighted by Crippen LogP contribution is -2.13. The monoisotopic (exact) mass is 311 g/mol. The van der Waals surface area contributed by atoms with Gasteiger partial charge >= 0.3 is 5.97 Å². The van der Waals surface area contributed by atoms with Crippen LogP contribution in [0, 0.1) is 5.82 Å². The summed E-state index contributed by atoms with van der Waals surface area (Å²) in [5, 5.41) is 13.0. The molecule has 2 aromatic rings. The van der Waals surface area contributed by atoms with E-state index in [2.05, 4.69) is 5.32 Å². The van der Waals surface area contributed by atoms with Crippen molar-refractivity contribution in [3.63, 3.8) is 0 Å². The van der Waals surface area contributed by atoms with Crippen LogP contribution in [-0.2, 0) is 4.79 Å². The van der Waals surface area contributed by atoms with E-state index in [1.807, 2.05) is 0 Å². The van der Waals surface area contributed by atoms with Crippen molar-refractivity contribution in [2.45, 2.75) is 4.90 Å². The fourth-order valence-electron chi connectivity index (χ4n) is 1.42. The van der Waals surface area contributed by atoms with Gasteiger partial charge in [0.15, 0.2) is 0 Å². The summed E-state index contributed by atoms with van der Waals surface area (Å²) in [6, 6.07) is 7.15. The van der Waals surface area contributed by atoms with E-state index in [0.717, 1.165) is 16.2 Å². The van der Waals surface area contributed by atoms with Crippen molar-refractivity contribution in [2.75, 3.05) is 11.1 Å². The van der Waals surface area contributed by atoms with Crippen LogP contribution in [-0.4, -0.2) is 22.7 Å². The predicted molar refractivity (Wildman–Crippen MR) is 77.0 cm³/mol. The number of carbonyl (C=O) groups is 2. The number of benzene rings is 1. The van der Waals surface area contributed by atoms with Crippen LogP contribution in [0.5, 0.6) is 0 Å². The van der Waals surface area contributed by atoms with Crippen molar-refractivity contribution in [1.29, 1.82) is 0 Å². The molecule has 0 fully saturated rings. The summed E-state index contributed by atoms with van der Waals surface area (Å²) in [6.45, 7) is 0. The third-order valence-electron chi connectivity index (χ3n) is 2.26. The Morgan fingerprint density at radius 1 is 1.35 bits per heavy atom. The molecule has 0 aliphatic rings. The van der Waals surface area contributed by atoms with Gasteiger partial charge in [-0.3, -0.25) is 4.79 Å². The molecule has 0 saturated heterocycles. The zero-order valence-corrected chi connectivity index (χ0v) is 11.8. The second-order valence-corrected chi connectivity index (χ2v) is 5.76. The van der Waals surface area contributed by atoms with Crippen LogP contribution in [0.25, 0.3) is 0 Å². The first-order valence-corrected chi connectivity index (χ1v) is 7.41. The maximum Gasteiger partial charge on any atom is 0.345 e. The van der Waals surface area contributed by atoms with Crippen molar-refractivity contribution in [3.05, 3.63) is 46.4 Å². The quantitative estimate of drug-likeness (QED) is 0.831. The molecule has 0 saturated carbocycles. The summed E-state index contributed by atoms with van der Waals surface area (Å²) in [7, 11) is 0. The lowest BCUT2D eigenvalue weighted by atomic mass is 10.3. The van der Waals surface area contributed by atoms with E-state index in [-0.39, 0.29) is 16.5 Å². The van der Waals surface area contributed by atoms with Gasteiger partial charge in [0.25, 0.3) is 0 Å². The maximum absolute atomic E-state index is 12.9. The number of carbonyl (C=O) groups excluding carboxylic acids is 1. The molecular weight excluding hydrogens is 301 g/mol. The SMILES string of the molecule is O=C(CSc1csc(C(=O)O)c1)Nc1cccc(F)c1. The van der Waals surface area contributed by atoms with Gasteiger partial charge < -0.3 is 10.4 Å². The molecule has 0 aliphatic heterocycles. The molecule has 1 aromatic heterocycles. The summed E-state index contributed by atoms with van der Waals surface area (Å²) in [6.07, 6.45) is 0. The minimum atomic E-state index is -0.980. The molecule has 0 radical (unpaired) electrons. The van der Waals surface area contributed by atoms with E-state index in [4.69, 9.17) is 5.11 Å². The number of halogens is 1. The van der Waals surface area contributed by atoms with E-state index >= 15 is 0 Å². The van der Waals surface area contributed by atoms with E-state index in [1.165, 1.54) is 36.0 Å². The number of hydrogen-bond donors (Lipinski definition) is 2. The summed E-state index contributed by atoms with van der Waals surface area (Å²) in [5.41, 5.74) is 0.396. The first-order valence-electron chi connectivity index (χ1n) is 5.54. The molecule has 0 atom stereocenters. The number of hydrogen-bond acceptors (Lipinski definition) is 4. The topological polar surface area (TPSA) is 66.4 Å². The van der Waals surface area contributed by atoms with Gasteiger partial charge in [0.2, 0.25) is 5.91 Å². The zero-order valence-electron chi connectivity index (χ0n) is 10.1. The second-order valence-electron chi connectivity index (χ2n) is 3.80. The highest BCUT2D eigenvalue weighted by Gasteiger charge is 2.09. The minimum Gasteiger partial charge on any atom is -0.477 e. The number of thiophene rings is 1. The lowest BCUT2D eigenvalue weighted by molar-refractivity contribution is -0.113. The Balaban J connectivity index is 1.87. The number of carboxylic acids is 1. The molecule has 0 unspecified atom stereocenters. The molecule has 7 heteroatoms. The van der Waals surface area contributed by atoms with Gasteiger partial charge in [-0.15, -0.1) is 23.1 Å². The number of amides is 1. The van der Waals surface area contributed by atoms with Gasteiger partial charge in [-0.25, -0.2) is 9.18 Å². The van der Waals surface area contributed by atoms with Crippen molar-refractivity contribution in [1.82, 2.24) is 0 Å². The number of thioether (sulfide) groups is 1. The first kappa shape index (κ1) is 14.5. The average molecular weight is 311 g/mol. The smallest absolute Gasteiger partial charge is 0.345 e. The van der Waals surface area contributed by atoms with Gasteiger partial charge in [-0.2, -0.15) is 0 Å². The summed E-state index contributed by atoms with van der Waals surface area (Å²) in [5.74, 6) is -1.54.